The largest absolute Gasteiger partial charge is 0.355 e. The molecule has 0 atom stereocenters. The normalized spacial score (nSPS) is 12.9. The molecule has 4 rings (SSSR count). The van der Waals surface area contributed by atoms with Crippen LogP contribution in [0.5, 0.6) is 0 Å². The Morgan fingerprint density at radius 2 is 1.87 bits per heavy atom. The van der Waals surface area contributed by atoms with Crippen LogP contribution < -0.4 is 10.2 Å². The van der Waals surface area contributed by atoms with E-state index in [0.717, 1.165) is 57.1 Å². The van der Waals surface area contributed by atoms with Crippen LogP contribution in [0.15, 0.2) is 42.6 Å². The molecule has 1 aliphatic heterocycles. The van der Waals surface area contributed by atoms with E-state index in [9.17, 15) is 14.0 Å². The molecule has 9 heteroatoms. The Bertz CT molecular complexity index is 1290. The minimum Gasteiger partial charge on any atom is -0.355 e. The van der Waals surface area contributed by atoms with Crippen molar-refractivity contribution >= 4 is 28.8 Å². The van der Waals surface area contributed by atoms with Crippen molar-refractivity contribution in [1.82, 2.24) is 20.3 Å². The van der Waals surface area contributed by atoms with E-state index in [1.54, 1.807) is 29.5 Å². The van der Waals surface area contributed by atoms with Gasteiger partial charge in [0, 0.05) is 49.0 Å². The summed E-state index contributed by atoms with van der Waals surface area (Å²) >= 11 is 1.63. The van der Waals surface area contributed by atoms with Gasteiger partial charge in [-0.15, -0.1) is 11.3 Å². The third-order valence-corrected chi connectivity index (χ3v) is 7.79. The zero-order chi connectivity index (χ0) is 27.2. The quantitative estimate of drug-likeness (QED) is 0.346. The number of likely N-dealkylation sites (N-methyl/N-ethyl adjacent to an activating group) is 1. The summed E-state index contributed by atoms with van der Waals surface area (Å²) in [5.74, 6) is -0.529. The smallest absolute Gasteiger partial charge is 0.256 e. The molecule has 0 bridgehead atoms. The third-order valence-electron chi connectivity index (χ3n) is 6.83. The number of nitrogens with one attached hydrogen (secondary N) is 1. The van der Waals surface area contributed by atoms with Crippen LogP contribution in [0.25, 0.3) is 10.6 Å². The molecule has 7 nitrogen and oxygen atoms in total. The highest BCUT2D eigenvalue weighted by Crippen LogP contribution is 2.30. The zero-order valence-corrected chi connectivity index (χ0v) is 23.4. The van der Waals surface area contributed by atoms with Crippen LogP contribution >= 0.6 is 11.3 Å². The second-order valence-corrected chi connectivity index (χ2v) is 11.1. The lowest BCUT2D eigenvalue weighted by Crippen LogP contribution is -2.48. The Morgan fingerprint density at radius 3 is 2.58 bits per heavy atom. The van der Waals surface area contributed by atoms with Crippen molar-refractivity contribution in [3.8, 4) is 10.6 Å². The Morgan fingerprint density at radius 1 is 1.08 bits per heavy atom. The van der Waals surface area contributed by atoms with Gasteiger partial charge in [-0.1, -0.05) is 25.8 Å². The predicted molar refractivity (Wildman–Crippen MR) is 150 cm³/mol. The van der Waals surface area contributed by atoms with Gasteiger partial charge in [0.15, 0.2) is 0 Å². The van der Waals surface area contributed by atoms with Gasteiger partial charge < -0.3 is 10.2 Å². The van der Waals surface area contributed by atoms with Gasteiger partial charge in [-0.2, -0.15) is 0 Å². The first kappa shape index (κ1) is 27.7. The number of anilines is 1. The van der Waals surface area contributed by atoms with Crippen molar-refractivity contribution in [2.45, 2.75) is 53.1 Å². The summed E-state index contributed by atoms with van der Waals surface area (Å²) in [4.78, 5) is 33.8. The van der Waals surface area contributed by atoms with Crippen LogP contribution in [0.1, 0.15) is 47.8 Å². The average molecular weight is 538 g/mol. The zero-order valence-electron chi connectivity index (χ0n) is 22.6. The molecular weight excluding hydrogens is 501 g/mol. The predicted octanol–water partition coefficient (Wildman–Crippen LogP) is 5.07. The van der Waals surface area contributed by atoms with Gasteiger partial charge in [-0.3, -0.25) is 14.6 Å². The number of thiazole rings is 1. The van der Waals surface area contributed by atoms with E-state index >= 15 is 0 Å². The number of hydrazine groups is 1. The molecule has 1 aliphatic rings. The highest BCUT2D eigenvalue weighted by Gasteiger charge is 2.27. The fourth-order valence-corrected chi connectivity index (χ4v) is 5.43. The summed E-state index contributed by atoms with van der Waals surface area (Å²) in [5, 5.41) is 7.42. The van der Waals surface area contributed by atoms with Gasteiger partial charge in [-0.25, -0.2) is 14.4 Å². The second kappa shape index (κ2) is 12.5. The molecule has 3 aromatic rings. The number of aryl methyl sites for hydroxylation is 2. The van der Waals surface area contributed by atoms with E-state index < -0.39 is 0 Å². The number of carbonyl (C=O) groups excluding carboxylic acids is 2. The molecule has 2 aromatic carbocycles. The minimum absolute atomic E-state index is 0.0383. The highest BCUT2D eigenvalue weighted by molar-refractivity contribution is 7.14. The molecule has 2 amide bonds. The average Bonchev–Trinajstić information content (AvgIpc) is 3.51. The topological polar surface area (TPSA) is 68.8 Å². The van der Waals surface area contributed by atoms with Crippen LogP contribution in [0.3, 0.4) is 0 Å². The van der Waals surface area contributed by atoms with Crippen molar-refractivity contribution in [2.24, 2.45) is 0 Å². The van der Waals surface area contributed by atoms with Gasteiger partial charge in [0.25, 0.3) is 5.91 Å². The van der Waals surface area contributed by atoms with Crippen LogP contribution in [0.2, 0.25) is 0 Å². The maximum absolute atomic E-state index is 13.7. The summed E-state index contributed by atoms with van der Waals surface area (Å²) in [7, 11) is 1.73. The molecule has 1 aromatic heterocycles. The first-order valence-electron chi connectivity index (χ1n) is 13.1. The molecule has 0 spiro atoms. The number of unbranched alkanes of at least 4 members (excludes halogenated alkanes) is 2. The molecule has 1 N–H and O–H groups in total. The number of rotatable bonds is 11. The van der Waals surface area contributed by atoms with E-state index in [1.807, 2.05) is 42.1 Å². The Balaban J connectivity index is 1.50. The molecule has 202 valence electrons. The Labute approximate surface area is 228 Å². The maximum Gasteiger partial charge on any atom is 0.256 e. The molecular formula is C29H36FN5O2S. The highest BCUT2D eigenvalue weighted by atomic mass is 32.1. The number of nitrogens with zero attached hydrogens (tertiary/aromatic N) is 4. The van der Waals surface area contributed by atoms with E-state index in [2.05, 4.69) is 23.3 Å². The van der Waals surface area contributed by atoms with Gasteiger partial charge in [0.05, 0.1) is 13.1 Å². The molecule has 0 aliphatic carbocycles. The first-order valence-corrected chi connectivity index (χ1v) is 13.9. The van der Waals surface area contributed by atoms with Gasteiger partial charge >= 0.3 is 0 Å². The van der Waals surface area contributed by atoms with Crippen molar-refractivity contribution in [2.75, 3.05) is 31.6 Å². The number of halogens is 1. The molecule has 0 fully saturated rings. The van der Waals surface area contributed by atoms with E-state index in [0.29, 0.717) is 19.6 Å². The number of fused-ring (bicyclic) bond motifs is 1. The number of aromatic nitrogens is 1. The lowest BCUT2D eigenvalue weighted by molar-refractivity contribution is -0.145. The molecule has 0 unspecified atom stereocenters. The molecule has 0 saturated heterocycles. The van der Waals surface area contributed by atoms with Gasteiger partial charge in [-0.05, 0) is 67.3 Å². The monoisotopic (exact) mass is 537 g/mol. The molecule has 0 radical (unpaired) electrons. The second-order valence-electron chi connectivity index (χ2n) is 9.84. The summed E-state index contributed by atoms with van der Waals surface area (Å²) < 4.78 is 13.7. The summed E-state index contributed by atoms with van der Waals surface area (Å²) in [6.07, 6.45) is 4.94. The van der Waals surface area contributed by atoms with Crippen molar-refractivity contribution in [3.05, 3.63) is 70.0 Å². The Hall–Kier alpha value is -3.30. The number of amides is 2. The lowest BCUT2D eigenvalue weighted by atomic mass is 10.1. The first-order chi connectivity index (χ1) is 18.2. The van der Waals surface area contributed by atoms with Crippen LogP contribution in [0, 0.1) is 19.7 Å². The van der Waals surface area contributed by atoms with Gasteiger partial charge in [0.1, 0.15) is 10.8 Å². The fraction of sp³-hybridized carbons (Fsp3) is 0.414. The van der Waals surface area contributed by atoms with Gasteiger partial charge in [0.2, 0.25) is 5.91 Å². The van der Waals surface area contributed by atoms with Crippen molar-refractivity contribution < 1.29 is 14.0 Å². The van der Waals surface area contributed by atoms with E-state index in [4.69, 9.17) is 0 Å². The van der Waals surface area contributed by atoms with Crippen molar-refractivity contribution in [1.29, 1.82) is 0 Å². The summed E-state index contributed by atoms with van der Waals surface area (Å²) in [6, 6.07) is 10.8. The standard InChI is InChI=1S/C29H36FN5O2S/c1-5-6-7-12-31-27(36)18-34(26-11-9-22(13-20(26)2)29-32-15-21(3)38-29)19-28(37)33(4)35-16-23-8-10-25(30)14-24(23)17-35/h8-11,13-15H,5-7,12,16-19H2,1-4H3,(H,31,36). The van der Waals surface area contributed by atoms with E-state index in [-0.39, 0.29) is 30.7 Å². The summed E-state index contributed by atoms with van der Waals surface area (Å²) in [5.41, 5.74) is 4.71. The van der Waals surface area contributed by atoms with Crippen LogP contribution in [-0.4, -0.2) is 53.5 Å². The van der Waals surface area contributed by atoms with E-state index in [1.165, 1.54) is 12.1 Å². The number of hydrogen-bond acceptors (Lipinski definition) is 6. The van der Waals surface area contributed by atoms with Crippen molar-refractivity contribution in [3.63, 3.8) is 0 Å². The number of hydrogen-bond donors (Lipinski definition) is 1. The maximum atomic E-state index is 13.7. The number of benzene rings is 2. The SMILES string of the molecule is CCCCCNC(=O)CN(CC(=O)N(C)N1Cc2ccc(F)cc2C1)c1ccc(-c2ncc(C)s2)cc1C. The lowest BCUT2D eigenvalue weighted by Gasteiger charge is -2.32. The molecule has 2 heterocycles. The summed E-state index contributed by atoms with van der Waals surface area (Å²) in [6.45, 7) is 7.89. The Kier molecular flexibility index (Phi) is 9.12. The molecule has 0 saturated carbocycles. The van der Waals surface area contributed by atoms with Crippen LogP contribution in [-0.2, 0) is 22.7 Å². The number of carbonyl (C=O) groups is 2. The fourth-order valence-electron chi connectivity index (χ4n) is 4.67. The molecule has 38 heavy (non-hydrogen) atoms. The van der Waals surface area contributed by atoms with Crippen LogP contribution in [0.4, 0.5) is 10.1 Å². The minimum atomic E-state index is -0.275. The third kappa shape index (κ3) is 6.76.